The van der Waals surface area contributed by atoms with E-state index < -0.39 is 5.82 Å². The Morgan fingerprint density at radius 2 is 1.66 bits per heavy atom. The minimum atomic E-state index is -0.406. The molecular formula is C26H26FNO4. The summed E-state index contributed by atoms with van der Waals surface area (Å²) in [5.41, 5.74) is 2.60. The van der Waals surface area contributed by atoms with Crippen molar-refractivity contribution in [1.29, 1.82) is 5.41 Å². The number of aryl methyl sites for hydroxylation is 1. The molecule has 0 amide bonds. The third-order valence-electron chi connectivity index (χ3n) is 4.76. The van der Waals surface area contributed by atoms with E-state index in [0.717, 1.165) is 11.1 Å². The first kappa shape index (κ1) is 23.0. The number of esters is 1. The number of hydrogen-bond acceptors (Lipinski definition) is 5. The fraction of sp³-hybridized carbons (Fsp3) is 0.231. The summed E-state index contributed by atoms with van der Waals surface area (Å²) in [5, 5.41) is 8.08. The second kappa shape index (κ2) is 11.6. The summed E-state index contributed by atoms with van der Waals surface area (Å²) in [7, 11) is 0. The van der Waals surface area contributed by atoms with E-state index in [4.69, 9.17) is 19.6 Å². The number of rotatable bonds is 11. The largest absolute Gasteiger partial charge is 0.489 e. The van der Waals surface area contributed by atoms with Gasteiger partial charge < -0.3 is 19.6 Å². The van der Waals surface area contributed by atoms with Gasteiger partial charge in [0, 0.05) is 12.5 Å². The third kappa shape index (κ3) is 6.94. The van der Waals surface area contributed by atoms with Gasteiger partial charge in [0.25, 0.3) is 0 Å². The number of ether oxygens (including phenoxy) is 3. The summed E-state index contributed by atoms with van der Waals surface area (Å²) in [4.78, 5) is 11.4. The standard InChI is InChI=1S/C26H26FNO4/c1-2-30-26(29)15-11-20-10-14-23(16-24(20)27)31-17-19-8-12-22(13-9-19)32-18-25(28)21-6-4-3-5-7-21/h3-10,12-14,16,28H,2,11,15,17-18H2,1H3. The van der Waals surface area contributed by atoms with Gasteiger partial charge in [0.05, 0.1) is 12.3 Å². The van der Waals surface area contributed by atoms with Crippen LogP contribution < -0.4 is 9.47 Å². The van der Waals surface area contributed by atoms with Crippen LogP contribution in [0.15, 0.2) is 72.8 Å². The van der Waals surface area contributed by atoms with E-state index in [0.29, 0.717) is 29.4 Å². The Bertz CT molecular complexity index is 1040. The van der Waals surface area contributed by atoms with Crippen molar-refractivity contribution in [2.45, 2.75) is 26.4 Å². The maximum Gasteiger partial charge on any atom is 0.306 e. The molecule has 0 heterocycles. The van der Waals surface area contributed by atoms with Gasteiger partial charge >= 0.3 is 5.97 Å². The van der Waals surface area contributed by atoms with Crippen LogP contribution in [-0.4, -0.2) is 24.9 Å². The van der Waals surface area contributed by atoms with Crippen molar-refractivity contribution in [2.75, 3.05) is 13.2 Å². The van der Waals surface area contributed by atoms with E-state index in [-0.39, 0.29) is 32.0 Å². The van der Waals surface area contributed by atoms with Gasteiger partial charge in [-0.15, -0.1) is 0 Å². The van der Waals surface area contributed by atoms with Crippen LogP contribution >= 0.6 is 0 Å². The Hall–Kier alpha value is -3.67. The van der Waals surface area contributed by atoms with E-state index in [1.807, 2.05) is 54.6 Å². The molecule has 3 aromatic rings. The van der Waals surface area contributed by atoms with Crippen molar-refractivity contribution in [1.82, 2.24) is 0 Å². The van der Waals surface area contributed by atoms with E-state index in [2.05, 4.69) is 0 Å². The fourth-order valence-corrected chi connectivity index (χ4v) is 3.02. The molecule has 0 unspecified atom stereocenters. The van der Waals surface area contributed by atoms with Crippen molar-refractivity contribution in [3.05, 3.63) is 95.3 Å². The van der Waals surface area contributed by atoms with Gasteiger partial charge in [-0.25, -0.2) is 4.39 Å². The van der Waals surface area contributed by atoms with Crippen molar-refractivity contribution < 1.29 is 23.4 Å². The van der Waals surface area contributed by atoms with E-state index in [1.165, 1.54) is 6.07 Å². The lowest BCUT2D eigenvalue weighted by Crippen LogP contribution is -2.11. The summed E-state index contributed by atoms with van der Waals surface area (Å²) < 4.78 is 30.5. The third-order valence-corrected chi connectivity index (χ3v) is 4.76. The Morgan fingerprint density at radius 3 is 2.34 bits per heavy atom. The molecule has 0 saturated heterocycles. The number of carbonyl (C=O) groups is 1. The molecule has 0 saturated carbocycles. The maximum absolute atomic E-state index is 14.3. The van der Waals surface area contributed by atoms with Crippen LogP contribution in [0.4, 0.5) is 4.39 Å². The molecule has 0 radical (unpaired) electrons. The summed E-state index contributed by atoms with van der Waals surface area (Å²) in [5.74, 6) is 0.332. The summed E-state index contributed by atoms with van der Waals surface area (Å²) in [6.45, 7) is 2.52. The molecule has 6 heteroatoms. The highest BCUT2D eigenvalue weighted by Crippen LogP contribution is 2.20. The van der Waals surface area contributed by atoms with Crippen molar-refractivity contribution in [3.63, 3.8) is 0 Å². The molecular weight excluding hydrogens is 409 g/mol. The zero-order chi connectivity index (χ0) is 22.8. The molecule has 166 valence electrons. The number of hydrogen-bond donors (Lipinski definition) is 1. The Kier molecular flexibility index (Phi) is 8.37. The van der Waals surface area contributed by atoms with Crippen molar-refractivity contribution in [2.24, 2.45) is 0 Å². The van der Waals surface area contributed by atoms with E-state index >= 15 is 0 Å². The maximum atomic E-state index is 14.3. The quantitative estimate of drug-likeness (QED) is 0.326. The minimum Gasteiger partial charge on any atom is -0.489 e. The first-order chi connectivity index (χ1) is 15.5. The highest BCUT2D eigenvalue weighted by molar-refractivity contribution is 5.99. The number of nitrogens with one attached hydrogen (secondary N) is 1. The molecule has 0 aliphatic rings. The number of benzene rings is 3. The Morgan fingerprint density at radius 1 is 0.938 bits per heavy atom. The topological polar surface area (TPSA) is 68.6 Å². The van der Waals surface area contributed by atoms with Gasteiger partial charge in [-0.1, -0.05) is 48.5 Å². The Balaban J connectivity index is 1.47. The normalized spacial score (nSPS) is 10.4. The van der Waals surface area contributed by atoms with Gasteiger partial charge in [-0.05, 0) is 48.2 Å². The molecule has 3 rings (SSSR count). The number of carbonyl (C=O) groups excluding carboxylic acids is 1. The van der Waals surface area contributed by atoms with E-state index in [9.17, 15) is 9.18 Å². The number of halogens is 1. The van der Waals surface area contributed by atoms with E-state index in [1.54, 1.807) is 19.1 Å². The zero-order valence-electron chi connectivity index (χ0n) is 18.0. The molecule has 0 spiro atoms. The summed E-state index contributed by atoms with van der Waals surface area (Å²) >= 11 is 0. The Labute approximate surface area is 187 Å². The molecule has 5 nitrogen and oxygen atoms in total. The van der Waals surface area contributed by atoms with Gasteiger partial charge in [-0.2, -0.15) is 0 Å². The molecule has 0 bridgehead atoms. The fourth-order valence-electron chi connectivity index (χ4n) is 3.02. The lowest BCUT2D eigenvalue weighted by atomic mass is 10.1. The monoisotopic (exact) mass is 435 g/mol. The second-order valence-corrected chi connectivity index (χ2v) is 7.12. The molecule has 32 heavy (non-hydrogen) atoms. The van der Waals surface area contributed by atoms with Crippen LogP contribution in [0.3, 0.4) is 0 Å². The minimum absolute atomic E-state index is 0.143. The van der Waals surface area contributed by atoms with Crippen LogP contribution in [-0.2, 0) is 22.6 Å². The smallest absolute Gasteiger partial charge is 0.306 e. The van der Waals surface area contributed by atoms with Gasteiger partial charge in [0.1, 0.15) is 30.5 Å². The lowest BCUT2D eigenvalue weighted by molar-refractivity contribution is -0.143. The van der Waals surface area contributed by atoms with Gasteiger partial charge in [0.2, 0.25) is 0 Å². The predicted molar refractivity (Wildman–Crippen MR) is 121 cm³/mol. The molecule has 0 aromatic heterocycles. The van der Waals surface area contributed by atoms with Crippen molar-refractivity contribution >= 4 is 11.7 Å². The molecule has 0 aliphatic heterocycles. The zero-order valence-corrected chi connectivity index (χ0v) is 18.0. The summed E-state index contributed by atoms with van der Waals surface area (Å²) in [6, 6.07) is 21.5. The average molecular weight is 435 g/mol. The van der Waals surface area contributed by atoms with Crippen LogP contribution in [0.25, 0.3) is 0 Å². The molecule has 0 atom stereocenters. The molecule has 0 aliphatic carbocycles. The molecule has 3 aromatic carbocycles. The summed E-state index contributed by atoms with van der Waals surface area (Å²) in [6.07, 6.45) is 0.429. The highest BCUT2D eigenvalue weighted by atomic mass is 19.1. The van der Waals surface area contributed by atoms with Crippen LogP contribution in [0, 0.1) is 11.2 Å². The second-order valence-electron chi connectivity index (χ2n) is 7.12. The first-order valence-corrected chi connectivity index (χ1v) is 10.5. The molecule has 1 N–H and O–H groups in total. The predicted octanol–water partition coefficient (Wildman–Crippen LogP) is 5.35. The first-order valence-electron chi connectivity index (χ1n) is 10.5. The highest BCUT2D eigenvalue weighted by Gasteiger charge is 2.09. The average Bonchev–Trinajstić information content (AvgIpc) is 2.82. The van der Waals surface area contributed by atoms with Gasteiger partial charge in [0.15, 0.2) is 0 Å². The van der Waals surface area contributed by atoms with Crippen LogP contribution in [0.5, 0.6) is 11.5 Å². The van der Waals surface area contributed by atoms with Crippen LogP contribution in [0.2, 0.25) is 0 Å². The molecule has 0 fully saturated rings. The van der Waals surface area contributed by atoms with Crippen molar-refractivity contribution in [3.8, 4) is 11.5 Å². The SMILES string of the molecule is CCOC(=O)CCc1ccc(OCc2ccc(OCC(=N)c3ccccc3)cc2)cc1F. The lowest BCUT2D eigenvalue weighted by Gasteiger charge is -2.10. The van der Waals surface area contributed by atoms with Gasteiger partial charge in [-0.3, -0.25) is 4.79 Å². The van der Waals surface area contributed by atoms with Crippen LogP contribution in [0.1, 0.15) is 30.0 Å².